The average molecular weight is 488 g/mol. The molecule has 1 saturated heterocycles. The number of methoxy groups -OCH3 is 1. The average Bonchev–Trinajstić information content (AvgIpc) is 2.73. The quantitative estimate of drug-likeness (QED) is 0.471. The third kappa shape index (κ3) is 6.84. The normalized spacial score (nSPS) is 17.5. The maximum absolute atomic E-state index is 13.6. The second kappa shape index (κ2) is 12.2. The highest BCUT2D eigenvalue weighted by Crippen LogP contribution is 2.31. The van der Waals surface area contributed by atoms with Gasteiger partial charge in [0.1, 0.15) is 12.4 Å². The van der Waals surface area contributed by atoms with Crippen LogP contribution in [0.4, 0.5) is 0 Å². The molecule has 1 amide bonds. The predicted octanol–water partition coefficient (Wildman–Crippen LogP) is 1.84. The van der Waals surface area contributed by atoms with E-state index in [-0.39, 0.29) is 25.2 Å². The van der Waals surface area contributed by atoms with E-state index in [2.05, 4.69) is 0 Å². The van der Waals surface area contributed by atoms with Gasteiger partial charge in [-0.15, -0.1) is 0 Å². The van der Waals surface area contributed by atoms with Crippen LogP contribution < -0.4 is 4.74 Å². The molecule has 0 aliphatic carbocycles. The Balaban J connectivity index is 2.09. The van der Waals surface area contributed by atoms with E-state index in [0.717, 1.165) is 12.3 Å². The number of nitrogens with zero attached hydrogens (tertiary/aromatic N) is 3. The van der Waals surface area contributed by atoms with Crippen molar-refractivity contribution in [1.29, 1.82) is 0 Å². The number of benzene rings is 1. The highest BCUT2D eigenvalue weighted by Gasteiger charge is 2.36. The van der Waals surface area contributed by atoms with Crippen molar-refractivity contribution < 1.29 is 22.7 Å². The number of likely N-dealkylation sites (N-methyl/N-ethyl adjacent to an activating group) is 2. The van der Waals surface area contributed by atoms with Crippen LogP contribution >= 0.6 is 11.8 Å². The molecule has 32 heavy (non-hydrogen) atoms. The van der Waals surface area contributed by atoms with Crippen molar-refractivity contribution in [3.05, 3.63) is 23.3 Å². The Labute approximate surface area is 197 Å². The lowest BCUT2D eigenvalue weighted by Gasteiger charge is -2.35. The van der Waals surface area contributed by atoms with E-state index in [4.69, 9.17) is 9.47 Å². The van der Waals surface area contributed by atoms with Crippen LogP contribution in [0.5, 0.6) is 5.75 Å². The van der Waals surface area contributed by atoms with Crippen molar-refractivity contribution in [1.82, 2.24) is 14.1 Å². The molecule has 1 aromatic rings. The van der Waals surface area contributed by atoms with Gasteiger partial charge in [0, 0.05) is 37.7 Å². The molecule has 0 bridgehead atoms. The second-order valence-corrected chi connectivity index (χ2v) is 11.2. The lowest BCUT2D eigenvalue weighted by Crippen LogP contribution is -2.49. The summed E-state index contributed by atoms with van der Waals surface area (Å²) in [6, 6.07) is 3.18. The van der Waals surface area contributed by atoms with Crippen molar-refractivity contribution in [2.75, 3.05) is 72.1 Å². The molecule has 1 aliphatic heterocycles. The minimum Gasteiger partial charge on any atom is -0.497 e. The molecule has 0 saturated carbocycles. The highest BCUT2D eigenvalue weighted by molar-refractivity contribution is 7.99. The monoisotopic (exact) mass is 487 g/mol. The lowest BCUT2D eigenvalue weighted by atomic mass is 10.1. The molecule has 0 spiro atoms. The molecular weight excluding hydrogens is 450 g/mol. The fraction of sp³-hybridized carbons (Fsp3) is 0.682. The minimum atomic E-state index is -3.70. The summed E-state index contributed by atoms with van der Waals surface area (Å²) in [5.41, 5.74) is 1.32. The molecule has 1 unspecified atom stereocenters. The number of hydrogen-bond acceptors (Lipinski definition) is 7. The number of aryl methyl sites for hydroxylation is 2. The molecule has 8 nitrogen and oxygen atoms in total. The van der Waals surface area contributed by atoms with Crippen LogP contribution in [0.3, 0.4) is 0 Å². The summed E-state index contributed by atoms with van der Waals surface area (Å²) in [6.07, 6.45) is 0. The van der Waals surface area contributed by atoms with Crippen molar-refractivity contribution >= 4 is 27.7 Å². The Bertz CT molecular complexity index is 853. The first-order valence-corrected chi connectivity index (χ1v) is 13.5. The third-order valence-corrected chi connectivity index (χ3v) is 8.85. The van der Waals surface area contributed by atoms with E-state index in [1.165, 1.54) is 0 Å². The Kier molecular flexibility index (Phi) is 10.3. The van der Waals surface area contributed by atoms with Gasteiger partial charge in [-0.1, -0.05) is 0 Å². The van der Waals surface area contributed by atoms with Crippen LogP contribution in [0.15, 0.2) is 17.0 Å². The van der Waals surface area contributed by atoms with Gasteiger partial charge < -0.3 is 19.3 Å². The van der Waals surface area contributed by atoms with E-state index in [1.54, 1.807) is 54.1 Å². The number of amides is 1. The molecule has 0 radical (unpaired) electrons. The molecule has 182 valence electrons. The van der Waals surface area contributed by atoms with Crippen molar-refractivity contribution in [2.24, 2.45) is 0 Å². The highest BCUT2D eigenvalue weighted by atomic mass is 32.2. The Morgan fingerprint density at radius 2 is 1.88 bits per heavy atom. The molecule has 0 aromatic heterocycles. The molecule has 1 aliphatic rings. The summed E-state index contributed by atoms with van der Waals surface area (Å²) < 4.78 is 39.7. The number of hydrogen-bond donors (Lipinski definition) is 0. The summed E-state index contributed by atoms with van der Waals surface area (Å²) in [6.45, 7) is 8.13. The number of rotatable bonds is 11. The van der Waals surface area contributed by atoms with Gasteiger partial charge in [-0.3, -0.25) is 4.79 Å². The van der Waals surface area contributed by atoms with Crippen LogP contribution in [-0.2, 0) is 19.6 Å². The van der Waals surface area contributed by atoms with E-state index in [0.29, 0.717) is 47.2 Å². The zero-order valence-electron chi connectivity index (χ0n) is 20.1. The number of ether oxygens (including phenoxy) is 2. The first-order chi connectivity index (χ1) is 15.1. The molecule has 0 N–H and O–H groups in total. The fourth-order valence-corrected chi connectivity index (χ4v) is 7.07. The number of carbonyl (C=O) groups is 1. The SMILES string of the molecule is CCN(CCN(C)C)C(=O)COCC1CSCCN1S(=O)(=O)c1c(C)cc(OC)cc1C. The molecule has 1 atom stereocenters. The van der Waals surface area contributed by atoms with Gasteiger partial charge >= 0.3 is 0 Å². The maximum atomic E-state index is 13.6. The van der Waals surface area contributed by atoms with Gasteiger partial charge in [-0.05, 0) is 58.1 Å². The largest absolute Gasteiger partial charge is 0.497 e. The Morgan fingerprint density at radius 1 is 1.22 bits per heavy atom. The molecule has 1 aromatic carbocycles. The topological polar surface area (TPSA) is 79.4 Å². The van der Waals surface area contributed by atoms with Gasteiger partial charge in [0.05, 0.1) is 24.7 Å². The predicted molar refractivity (Wildman–Crippen MR) is 129 cm³/mol. The minimum absolute atomic E-state index is 0.0447. The third-order valence-electron chi connectivity index (χ3n) is 5.50. The lowest BCUT2D eigenvalue weighted by molar-refractivity contribution is -0.136. The van der Waals surface area contributed by atoms with Crippen LogP contribution in [0.1, 0.15) is 18.1 Å². The smallest absolute Gasteiger partial charge is 0.248 e. The number of sulfonamides is 1. The Morgan fingerprint density at radius 3 is 2.44 bits per heavy atom. The van der Waals surface area contributed by atoms with E-state index in [1.807, 2.05) is 25.9 Å². The van der Waals surface area contributed by atoms with Gasteiger partial charge in [-0.2, -0.15) is 16.1 Å². The number of carbonyl (C=O) groups excluding carboxylic acids is 1. The van der Waals surface area contributed by atoms with Gasteiger partial charge in [-0.25, -0.2) is 8.42 Å². The summed E-state index contributed by atoms with van der Waals surface area (Å²) >= 11 is 1.71. The molecule has 10 heteroatoms. The van der Waals surface area contributed by atoms with Gasteiger partial charge in [0.2, 0.25) is 15.9 Å². The summed E-state index contributed by atoms with van der Waals surface area (Å²) in [5.74, 6) is 1.94. The van der Waals surface area contributed by atoms with Crippen LogP contribution in [0.2, 0.25) is 0 Å². The maximum Gasteiger partial charge on any atom is 0.248 e. The zero-order chi connectivity index (χ0) is 23.9. The van der Waals surface area contributed by atoms with Gasteiger partial charge in [0.15, 0.2) is 0 Å². The van der Waals surface area contributed by atoms with Crippen LogP contribution in [0, 0.1) is 13.8 Å². The van der Waals surface area contributed by atoms with Crippen molar-refractivity contribution in [3.8, 4) is 5.75 Å². The molecule has 2 rings (SSSR count). The zero-order valence-corrected chi connectivity index (χ0v) is 21.7. The first-order valence-electron chi connectivity index (χ1n) is 10.9. The molecule has 1 heterocycles. The van der Waals surface area contributed by atoms with Crippen molar-refractivity contribution in [2.45, 2.75) is 31.7 Å². The summed E-state index contributed by atoms with van der Waals surface area (Å²) in [4.78, 5) is 16.6. The van der Waals surface area contributed by atoms with Crippen LogP contribution in [0.25, 0.3) is 0 Å². The van der Waals surface area contributed by atoms with Crippen LogP contribution in [-0.4, -0.2) is 107 Å². The van der Waals surface area contributed by atoms with Gasteiger partial charge in [0.25, 0.3) is 0 Å². The molecule has 1 fully saturated rings. The fourth-order valence-electron chi connectivity index (χ4n) is 3.79. The second-order valence-electron chi connectivity index (χ2n) is 8.23. The standard InChI is InChI=1S/C22H37N3O5S2/c1-7-24(9-8-23(4)5)21(26)15-30-14-19-16-31-11-10-25(19)32(27,28)22-17(2)12-20(29-6)13-18(22)3/h12-13,19H,7-11,14-16H2,1-6H3. The van der Waals surface area contributed by atoms with E-state index < -0.39 is 10.0 Å². The van der Waals surface area contributed by atoms with E-state index in [9.17, 15) is 13.2 Å². The summed E-state index contributed by atoms with van der Waals surface area (Å²) in [7, 11) is 1.80. The Hall–Kier alpha value is -1.33. The van der Waals surface area contributed by atoms with E-state index >= 15 is 0 Å². The van der Waals surface area contributed by atoms with Crippen molar-refractivity contribution in [3.63, 3.8) is 0 Å². The number of thioether (sulfide) groups is 1. The summed E-state index contributed by atoms with van der Waals surface area (Å²) in [5, 5.41) is 0. The first kappa shape index (κ1) is 26.9. The molecular formula is C22H37N3O5S2.